The predicted octanol–water partition coefficient (Wildman–Crippen LogP) is 3.52. The van der Waals surface area contributed by atoms with Crippen LogP contribution >= 0.6 is 23.1 Å². The van der Waals surface area contributed by atoms with E-state index in [0.29, 0.717) is 25.0 Å². The summed E-state index contributed by atoms with van der Waals surface area (Å²) in [5.74, 6) is -3.08. The van der Waals surface area contributed by atoms with Gasteiger partial charge < -0.3 is 25.9 Å². The molecule has 4 N–H and O–H groups in total. The number of hydrogen-bond acceptors (Lipinski definition) is 12. The lowest BCUT2D eigenvalue weighted by molar-refractivity contribution is -0.150. The largest absolute Gasteiger partial charge is 0.477 e. The number of allylic oxidation sites excluding steroid dienone is 1. The number of oxime groups is 1. The van der Waals surface area contributed by atoms with Gasteiger partial charge in [0.2, 0.25) is 11.5 Å². The number of thioether (sulfide) groups is 1. The van der Waals surface area contributed by atoms with Crippen molar-refractivity contribution < 1.29 is 37.5 Å². The van der Waals surface area contributed by atoms with E-state index in [4.69, 9.17) is 10.6 Å². The van der Waals surface area contributed by atoms with E-state index >= 15 is 0 Å². The molecule has 4 aromatic rings. The number of carbonyl (C=O) groups is 4. The summed E-state index contributed by atoms with van der Waals surface area (Å²) in [4.78, 5) is 67.5. The van der Waals surface area contributed by atoms with Gasteiger partial charge in [-0.15, -0.1) is 23.1 Å². The maximum atomic E-state index is 14.2. The Morgan fingerprint density at radius 3 is 2.12 bits per heavy atom. The molecule has 3 atom stereocenters. The van der Waals surface area contributed by atoms with Gasteiger partial charge in [0, 0.05) is 46.0 Å². The van der Waals surface area contributed by atoms with Crippen molar-refractivity contribution in [2.24, 2.45) is 5.16 Å². The molecule has 4 aliphatic heterocycles. The van der Waals surface area contributed by atoms with Gasteiger partial charge in [-0.2, -0.15) is 0 Å². The second-order valence-electron chi connectivity index (χ2n) is 13.9. The summed E-state index contributed by atoms with van der Waals surface area (Å²) < 4.78 is 24.1. The molecule has 3 saturated heterocycles. The van der Waals surface area contributed by atoms with E-state index in [-0.39, 0.29) is 51.0 Å². The topological polar surface area (TPSA) is 202 Å². The quantitative estimate of drug-likeness (QED) is 0.0657. The number of hydrogen-bond donors (Lipinski definition) is 3. The van der Waals surface area contributed by atoms with Gasteiger partial charge in [0.05, 0.1) is 11.5 Å². The SMILES string of the molecule is Nc1nc(/C(=N/OC(c2ccccc2)(c2ccccc2)c2ccccc2)C(=O)N[C@@H]2C(=O)N3C(C(=O)O)=C(/C=C4\CCN(C5CCS(=O)(=O)C5)C4=O)CS[C@H]23)cs1. The minimum atomic E-state index is -3.21. The summed E-state index contributed by atoms with van der Waals surface area (Å²) in [6.07, 6.45) is 2.18. The number of nitrogens with two attached hydrogens (primary N) is 1. The van der Waals surface area contributed by atoms with Gasteiger partial charge in [-0.05, 0) is 24.5 Å². The fourth-order valence-electron chi connectivity index (χ4n) is 7.70. The van der Waals surface area contributed by atoms with Gasteiger partial charge in [0.15, 0.2) is 20.7 Å². The van der Waals surface area contributed by atoms with Crippen LogP contribution in [0.25, 0.3) is 0 Å². The maximum Gasteiger partial charge on any atom is 0.352 e. The summed E-state index contributed by atoms with van der Waals surface area (Å²) in [7, 11) is -3.21. The Bertz CT molecular complexity index is 2360. The number of carboxylic acid groups (broad SMARTS) is 1. The van der Waals surface area contributed by atoms with Crippen LogP contribution in [-0.4, -0.2) is 99.0 Å². The Morgan fingerprint density at radius 2 is 1.60 bits per heavy atom. The first-order valence-corrected chi connectivity index (χ1v) is 21.8. The summed E-state index contributed by atoms with van der Waals surface area (Å²) >= 11 is 2.34. The van der Waals surface area contributed by atoms with E-state index in [1.807, 2.05) is 91.0 Å². The fraction of sp³-hybridized carbons (Fsp3) is 0.250. The molecule has 57 heavy (non-hydrogen) atoms. The van der Waals surface area contributed by atoms with Gasteiger partial charge in [0.1, 0.15) is 22.8 Å². The highest BCUT2D eigenvalue weighted by molar-refractivity contribution is 8.00. The van der Waals surface area contributed by atoms with Gasteiger partial charge >= 0.3 is 5.97 Å². The van der Waals surface area contributed by atoms with Crippen LogP contribution in [-0.2, 0) is 39.5 Å². The number of aliphatic carboxylic acids is 1. The Kier molecular flexibility index (Phi) is 10.2. The Hall–Kier alpha value is -5.78. The number of thiazole rings is 1. The average molecular weight is 825 g/mol. The first kappa shape index (κ1) is 38.1. The molecule has 1 aromatic heterocycles. The molecule has 292 valence electrons. The molecule has 5 heterocycles. The van der Waals surface area contributed by atoms with Crippen LogP contribution < -0.4 is 11.1 Å². The highest BCUT2D eigenvalue weighted by Crippen LogP contribution is 2.43. The van der Waals surface area contributed by atoms with Crippen molar-refractivity contribution in [1.29, 1.82) is 0 Å². The summed E-state index contributed by atoms with van der Waals surface area (Å²) in [6, 6.07) is 26.8. The molecule has 0 radical (unpaired) electrons. The second kappa shape index (κ2) is 15.3. The molecule has 14 nitrogen and oxygen atoms in total. The summed E-state index contributed by atoms with van der Waals surface area (Å²) in [6.45, 7) is 0.328. The standard InChI is InChI=1S/C40H36N6O8S3/c41-39-42-30(22-56-39)31(44-54-40(26-10-4-1-5-11-26,27-12-6-2-7-13-27)28-14-8-3-9-15-28)34(47)43-32-36(49)46-33(38(50)51)25(21-55-37(32)46)20-24-16-18-45(35(24)48)29-17-19-57(52,53)23-29/h1-15,20,22,29,32,37H,16-19,21,23H2,(H2,41,42)(H,43,47)(H,50,51)/b24-20+,44-31-/t29?,32-,37-/m1/s1. The van der Waals surface area contributed by atoms with Crippen LogP contribution in [0.3, 0.4) is 0 Å². The zero-order valence-corrected chi connectivity index (χ0v) is 32.6. The third kappa shape index (κ3) is 7.10. The van der Waals surface area contributed by atoms with Crippen molar-refractivity contribution >= 4 is 67.5 Å². The van der Waals surface area contributed by atoms with Crippen molar-refractivity contribution in [1.82, 2.24) is 20.1 Å². The van der Waals surface area contributed by atoms with E-state index < -0.39 is 50.7 Å². The van der Waals surface area contributed by atoms with Gasteiger partial charge in [0.25, 0.3) is 11.8 Å². The second-order valence-corrected chi connectivity index (χ2v) is 18.1. The molecular weight excluding hydrogens is 789 g/mol. The number of nitrogens with zero attached hydrogens (tertiary/aromatic N) is 4. The zero-order valence-electron chi connectivity index (χ0n) is 30.2. The molecule has 3 fully saturated rings. The predicted molar refractivity (Wildman–Crippen MR) is 215 cm³/mol. The number of β-lactam (4-membered cyclic amide) rings is 1. The number of likely N-dealkylation sites (tertiary alicyclic amines) is 1. The van der Waals surface area contributed by atoms with Crippen molar-refractivity contribution in [3.8, 4) is 0 Å². The van der Waals surface area contributed by atoms with Crippen LogP contribution in [0.15, 0.2) is 124 Å². The molecule has 0 saturated carbocycles. The lowest BCUT2D eigenvalue weighted by Gasteiger charge is -2.49. The molecular formula is C40H36N6O8S3. The molecule has 8 rings (SSSR count). The maximum absolute atomic E-state index is 14.2. The third-order valence-corrected chi connectivity index (χ3v) is 14.2. The number of carbonyl (C=O) groups excluding carboxylic acids is 3. The summed E-state index contributed by atoms with van der Waals surface area (Å²) in [5.41, 5.74) is 7.06. The number of anilines is 1. The van der Waals surface area contributed by atoms with E-state index in [9.17, 15) is 32.7 Å². The fourth-order valence-corrected chi connectivity index (χ4v) is 11.3. The lowest BCUT2D eigenvalue weighted by Crippen LogP contribution is -2.71. The van der Waals surface area contributed by atoms with Crippen LogP contribution in [0.1, 0.15) is 35.2 Å². The average Bonchev–Trinajstić information content (AvgIpc) is 3.93. The molecule has 0 bridgehead atoms. The number of nitrogen functional groups attached to an aromatic ring is 1. The van der Waals surface area contributed by atoms with Crippen LogP contribution in [0.2, 0.25) is 0 Å². The molecule has 4 aliphatic rings. The van der Waals surface area contributed by atoms with E-state index in [2.05, 4.69) is 15.5 Å². The molecule has 3 amide bonds. The number of aromatic nitrogens is 1. The third-order valence-electron chi connectivity index (χ3n) is 10.4. The van der Waals surface area contributed by atoms with Crippen LogP contribution in [0.4, 0.5) is 5.13 Å². The Balaban J connectivity index is 1.08. The number of fused-ring (bicyclic) bond motifs is 1. The highest BCUT2D eigenvalue weighted by Gasteiger charge is 2.54. The lowest BCUT2D eigenvalue weighted by atomic mass is 9.80. The smallest absolute Gasteiger partial charge is 0.352 e. The van der Waals surface area contributed by atoms with E-state index in [1.165, 1.54) is 17.8 Å². The monoisotopic (exact) mass is 824 g/mol. The number of sulfone groups is 1. The number of carboxylic acids is 1. The molecule has 3 aromatic carbocycles. The Morgan fingerprint density at radius 1 is 0.982 bits per heavy atom. The molecule has 0 aliphatic carbocycles. The van der Waals surface area contributed by atoms with Crippen molar-refractivity contribution in [3.05, 3.63) is 142 Å². The van der Waals surface area contributed by atoms with Crippen LogP contribution in [0, 0.1) is 0 Å². The highest BCUT2D eigenvalue weighted by atomic mass is 32.2. The van der Waals surface area contributed by atoms with E-state index in [0.717, 1.165) is 32.9 Å². The normalized spacial score (nSPS) is 22.7. The minimum Gasteiger partial charge on any atom is -0.477 e. The zero-order chi connectivity index (χ0) is 39.9. The van der Waals surface area contributed by atoms with E-state index in [1.54, 1.807) is 10.3 Å². The first-order chi connectivity index (χ1) is 27.5. The van der Waals surface area contributed by atoms with Gasteiger partial charge in [-0.3, -0.25) is 19.3 Å². The van der Waals surface area contributed by atoms with Crippen molar-refractivity contribution in [3.63, 3.8) is 0 Å². The van der Waals surface area contributed by atoms with Gasteiger partial charge in [-0.25, -0.2) is 18.2 Å². The number of benzene rings is 3. The van der Waals surface area contributed by atoms with Crippen molar-refractivity contribution in [2.45, 2.75) is 35.9 Å². The number of rotatable bonds is 11. The molecule has 1 unspecified atom stereocenters. The van der Waals surface area contributed by atoms with Crippen LogP contribution in [0.5, 0.6) is 0 Å². The molecule has 0 spiro atoms. The van der Waals surface area contributed by atoms with Gasteiger partial charge in [-0.1, -0.05) is 96.2 Å². The first-order valence-electron chi connectivity index (χ1n) is 18.0. The van der Waals surface area contributed by atoms with Crippen molar-refractivity contribution in [2.75, 3.05) is 29.5 Å². The number of nitrogens with one attached hydrogen (secondary N) is 1. The summed E-state index contributed by atoms with van der Waals surface area (Å²) in [5, 5.41) is 18.5. The molecule has 17 heteroatoms. The number of amides is 3. The minimum absolute atomic E-state index is 0.0235. The Labute approximate surface area is 336 Å².